The van der Waals surface area contributed by atoms with E-state index in [4.69, 9.17) is 0 Å². The molecule has 15 heavy (non-hydrogen) atoms. The Morgan fingerprint density at radius 2 is 2.13 bits per heavy atom. The first-order chi connectivity index (χ1) is 7.02. The summed E-state index contributed by atoms with van der Waals surface area (Å²) in [5.41, 5.74) is 3.01. The molecule has 0 N–H and O–H groups in total. The molecule has 1 atom stereocenters. The van der Waals surface area contributed by atoms with E-state index in [1.807, 2.05) is 18.7 Å². The number of rotatable bonds is 1. The molecule has 0 saturated heterocycles. The van der Waals surface area contributed by atoms with Crippen LogP contribution in [0.2, 0.25) is 0 Å². The van der Waals surface area contributed by atoms with Crippen LogP contribution in [0.25, 0.3) is 0 Å². The Morgan fingerprint density at radius 3 is 2.73 bits per heavy atom. The summed E-state index contributed by atoms with van der Waals surface area (Å²) in [6.45, 7) is 6.25. The summed E-state index contributed by atoms with van der Waals surface area (Å²) in [4.78, 5) is 12.1. The van der Waals surface area contributed by atoms with Crippen molar-refractivity contribution in [2.24, 2.45) is 13.0 Å². The van der Waals surface area contributed by atoms with Gasteiger partial charge in [-0.1, -0.05) is 20.8 Å². The third-order valence-electron chi connectivity index (χ3n) is 3.22. The average Bonchev–Trinajstić information content (AvgIpc) is 2.49. The molecule has 0 saturated carbocycles. The summed E-state index contributed by atoms with van der Waals surface area (Å²) in [7, 11) is 1.94. The average molecular weight is 206 g/mol. The molecule has 0 aromatic carbocycles. The van der Waals surface area contributed by atoms with E-state index in [1.165, 1.54) is 0 Å². The maximum absolute atomic E-state index is 12.1. The molecule has 0 bridgehead atoms. The lowest BCUT2D eigenvalue weighted by Crippen LogP contribution is -2.20. The van der Waals surface area contributed by atoms with Gasteiger partial charge in [0.15, 0.2) is 5.78 Å². The summed E-state index contributed by atoms with van der Waals surface area (Å²) >= 11 is 0. The van der Waals surface area contributed by atoms with Gasteiger partial charge in [-0.25, -0.2) is 0 Å². The molecule has 0 aliphatic heterocycles. The summed E-state index contributed by atoms with van der Waals surface area (Å²) in [5, 5.41) is 4.45. The predicted octanol–water partition coefficient (Wildman–Crippen LogP) is 2.31. The molecule has 1 aromatic heterocycles. The minimum absolute atomic E-state index is 0.166. The SMILES string of the molecule is CC1CCc2nn(C)c(C(C)C)c2C1=O. The quantitative estimate of drug-likeness (QED) is 0.706. The minimum Gasteiger partial charge on any atom is -0.294 e. The molecular weight excluding hydrogens is 188 g/mol. The Kier molecular flexibility index (Phi) is 2.41. The van der Waals surface area contributed by atoms with Crippen LogP contribution in [0.15, 0.2) is 0 Å². The Balaban J connectivity index is 2.59. The Bertz CT molecular complexity index is 404. The van der Waals surface area contributed by atoms with Gasteiger partial charge >= 0.3 is 0 Å². The van der Waals surface area contributed by atoms with Gasteiger partial charge in [-0.2, -0.15) is 5.10 Å². The van der Waals surface area contributed by atoms with E-state index < -0.39 is 0 Å². The number of carbonyl (C=O) groups excluding carboxylic acids is 1. The van der Waals surface area contributed by atoms with Crippen LogP contribution < -0.4 is 0 Å². The molecule has 0 amide bonds. The van der Waals surface area contributed by atoms with Crippen molar-refractivity contribution in [1.29, 1.82) is 0 Å². The van der Waals surface area contributed by atoms with Crippen LogP contribution in [0.5, 0.6) is 0 Å². The second-order valence-electron chi connectivity index (χ2n) is 4.79. The molecule has 1 heterocycles. The fourth-order valence-electron chi connectivity index (χ4n) is 2.43. The first-order valence-corrected chi connectivity index (χ1v) is 5.62. The molecule has 1 aliphatic carbocycles. The number of aromatic nitrogens is 2. The van der Waals surface area contributed by atoms with Crippen molar-refractivity contribution < 1.29 is 4.79 Å². The van der Waals surface area contributed by atoms with E-state index in [1.54, 1.807) is 0 Å². The molecule has 0 spiro atoms. The van der Waals surface area contributed by atoms with Gasteiger partial charge < -0.3 is 0 Å². The molecule has 82 valence electrons. The Morgan fingerprint density at radius 1 is 1.47 bits per heavy atom. The topological polar surface area (TPSA) is 34.9 Å². The Hall–Kier alpha value is -1.12. The van der Waals surface area contributed by atoms with Crippen molar-refractivity contribution in [2.45, 2.75) is 39.5 Å². The number of carbonyl (C=O) groups is 1. The van der Waals surface area contributed by atoms with Crippen LogP contribution in [0, 0.1) is 5.92 Å². The zero-order valence-electron chi connectivity index (χ0n) is 9.87. The standard InChI is InChI=1S/C12H18N2O/c1-7(2)11-10-9(13-14(11)4)6-5-8(3)12(10)15/h7-8H,5-6H2,1-4H3. The van der Waals surface area contributed by atoms with E-state index in [9.17, 15) is 4.79 Å². The number of nitrogens with zero attached hydrogens (tertiary/aromatic N) is 2. The van der Waals surface area contributed by atoms with Crippen LogP contribution in [0.3, 0.4) is 0 Å². The second kappa shape index (κ2) is 3.47. The summed E-state index contributed by atoms with van der Waals surface area (Å²) in [6, 6.07) is 0. The molecule has 3 heteroatoms. The highest BCUT2D eigenvalue weighted by atomic mass is 16.1. The van der Waals surface area contributed by atoms with Crippen molar-refractivity contribution in [3.63, 3.8) is 0 Å². The van der Waals surface area contributed by atoms with Gasteiger partial charge in [0.25, 0.3) is 0 Å². The van der Waals surface area contributed by atoms with Crippen molar-refractivity contribution in [2.75, 3.05) is 0 Å². The highest BCUT2D eigenvalue weighted by molar-refractivity contribution is 6.00. The lowest BCUT2D eigenvalue weighted by molar-refractivity contribution is 0.0912. The summed E-state index contributed by atoms with van der Waals surface area (Å²) in [6.07, 6.45) is 1.89. The predicted molar refractivity (Wildman–Crippen MR) is 59.1 cm³/mol. The zero-order valence-corrected chi connectivity index (χ0v) is 9.87. The normalized spacial score (nSPS) is 20.9. The van der Waals surface area contributed by atoms with E-state index in [0.717, 1.165) is 29.8 Å². The van der Waals surface area contributed by atoms with Crippen molar-refractivity contribution in [1.82, 2.24) is 9.78 Å². The molecular formula is C12H18N2O. The van der Waals surface area contributed by atoms with Gasteiger partial charge in [0.1, 0.15) is 0 Å². The van der Waals surface area contributed by atoms with E-state index in [2.05, 4.69) is 18.9 Å². The summed E-state index contributed by atoms with van der Waals surface area (Å²) in [5.74, 6) is 0.813. The van der Waals surface area contributed by atoms with Crippen LogP contribution >= 0.6 is 0 Å². The molecule has 1 unspecified atom stereocenters. The number of Topliss-reactive ketones (excluding diaryl/α,β-unsaturated/α-hetero) is 1. The van der Waals surface area contributed by atoms with Crippen LogP contribution in [0.1, 0.15) is 54.9 Å². The monoisotopic (exact) mass is 206 g/mol. The Labute approximate surface area is 90.5 Å². The highest BCUT2D eigenvalue weighted by Crippen LogP contribution is 2.30. The van der Waals surface area contributed by atoms with Gasteiger partial charge in [0.05, 0.1) is 17.0 Å². The van der Waals surface area contributed by atoms with Gasteiger partial charge in [-0.3, -0.25) is 9.48 Å². The molecule has 0 fully saturated rings. The van der Waals surface area contributed by atoms with Crippen molar-refractivity contribution in [3.8, 4) is 0 Å². The van der Waals surface area contributed by atoms with Crippen LogP contribution in [-0.2, 0) is 13.5 Å². The number of hydrogen-bond donors (Lipinski definition) is 0. The van der Waals surface area contributed by atoms with Crippen molar-refractivity contribution in [3.05, 3.63) is 17.0 Å². The first-order valence-electron chi connectivity index (χ1n) is 5.62. The molecule has 1 aromatic rings. The smallest absolute Gasteiger partial charge is 0.169 e. The molecule has 3 nitrogen and oxygen atoms in total. The number of hydrogen-bond acceptors (Lipinski definition) is 2. The highest BCUT2D eigenvalue weighted by Gasteiger charge is 2.31. The first kappa shape index (κ1) is 10.4. The molecule has 1 aliphatic rings. The third kappa shape index (κ3) is 1.50. The van der Waals surface area contributed by atoms with Crippen LogP contribution in [-0.4, -0.2) is 15.6 Å². The third-order valence-corrected chi connectivity index (χ3v) is 3.22. The molecule has 0 radical (unpaired) electrons. The van der Waals surface area contributed by atoms with Gasteiger partial charge in [-0.05, 0) is 18.8 Å². The lowest BCUT2D eigenvalue weighted by atomic mass is 9.85. The van der Waals surface area contributed by atoms with E-state index in [-0.39, 0.29) is 11.7 Å². The second-order valence-corrected chi connectivity index (χ2v) is 4.79. The van der Waals surface area contributed by atoms with Gasteiger partial charge in [-0.15, -0.1) is 0 Å². The number of aryl methyl sites for hydroxylation is 2. The molecule has 2 rings (SSSR count). The van der Waals surface area contributed by atoms with E-state index in [0.29, 0.717) is 5.92 Å². The fraction of sp³-hybridized carbons (Fsp3) is 0.667. The lowest BCUT2D eigenvalue weighted by Gasteiger charge is -2.17. The van der Waals surface area contributed by atoms with Crippen LogP contribution in [0.4, 0.5) is 0 Å². The maximum atomic E-state index is 12.1. The van der Waals surface area contributed by atoms with Crippen molar-refractivity contribution >= 4 is 5.78 Å². The maximum Gasteiger partial charge on any atom is 0.169 e. The summed E-state index contributed by atoms with van der Waals surface area (Å²) < 4.78 is 1.88. The minimum atomic E-state index is 0.166. The van der Waals surface area contributed by atoms with Gasteiger partial charge in [0.2, 0.25) is 0 Å². The van der Waals surface area contributed by atoms with E-state index >= 15 is 0 Å². The number of fused-ring (bicyclic) bond motifs is 1. The fourth-order valence-corrected chi connectivity index (χ4v) is 2.43. The zero-order chi connectivity index (χ0) is 11.2. The van der Waals surface area contributed by atoms with Gasteiger partial charge in [0, 0.05) is 13.0 Å². The largest absolute Gasteiger partial charge is 0.294 e. The number of ketones is 1.